The standard InChI is InChI=1S/C13H17BrN2O/c1-2-12(16-8-6-15-7-9-16)10-4-3-5-11(14)13(10)17/h2-5,12,15,17H,1,6-9H2/t12-/m1/s1. The van der Waals surface area contributed by atoms with Gasteiger partial charge in [0.05, 0.1) is 10.5 Å². The minimum absolute atomic E-state index is 0.0783. The van der Waals surface area contributed by atoms with Crippen molar-refractivity contribution in [3.05, 3.63) is 40.9 Å². The lowest BCUT2D eigenvalue weighted by atomic mass is 10.0. The first-order valence-corrected chi connectivity index (χ1v) is 6.58. The van der Waals surface area contributed by atoms with E-state index in [1.165, 1.54) is 0 Å². The van der Waals surface area contributed by atoms with Crippen LogP contribution in [0.15, 0.2) is 35.3 Å². The fourth-order valence-electron chi connectivity index (χ4n) is 2.20. The Bertz CT molecular complexity index is 402. The average Bonchev–Trinajstić information content (AvgIpc) is 2.37. The van der Waals surface area contributed by atoms with Crippen molar-refractivity contribution >= 4 is 15.9 Å². The van der Waals surface area contributed by atoms with Gasteiger partial charge in [-0.15, -0.1) is 6.58 Å². The van der Waals surface area contributed by atoms with Crippen LogP contribution >= 0.6 is 15.9 Å². The molecular formula is C13H17BrN2O. The summed E-state index contributed by atoms with van der Waals surface area (Å²) in [6.45, 7) is 7.82. The molecule has 0 radical (unpaired) electrons. The van der Waals surface area contributed by atoms with Crippen LogP contribution in [0.5, 0.6) is 5.75 Å². The molecule has 0 saturated carbocycles. The highest BCUT2D eigenvalue weighted by Gasteiger charge is 2.22. The van der Waals surface area contributed by atoms with E-state index in [1.807, 2.05) is 24.3 Å². The topological polar surface area (TPSA) is 35.5 Å². The number of benzene rings is 1. The molecule has 1 atom stereocenters. The van der Waals surface area contributed by atoms with E-state index in [9.17, 15) is 5.11 Å². The van der Waals surface area contributed by atoms with Gasteiger partial charge >= 0.3 is 0 Å². The third-order valence-corrected chi connectivity index (χ3v) is 3.74. The van der Waals surface area contributed by atoms with Gasteiger partial charge in [0, 0.05) is 31.7 Å². The Morgan fingerprint density at radius 3 is 2.76 bits per heavy atom. The lowest BCUT2D eigenvalue weighted by molar-refractivity contribution is 0.201. The second kappa shape index (κ2) is 5.67. The summed E-state index contributed by atoms with van der Waals surface area (Å²) in [6, 6.07) is 5.82. The molecule has 3 nitrogen and oxygen atoms in total. The highest BCUT2D eigenvalue weighted by atomic mass is 79.9. The van der Waals surface area contributed by atoms with Crippen molar-refractivity contribution in [2.24, 2.45) is 0 Å². The molecule has 1 fully saturated rings. The first kappa shape index (κ1) is 12.6. The van der Waals surface area contributed by atoms with Gasteiger partial charge in [0.2, 0.25) is 0 Å². The molecule has 1 aliphatic heterocycles. The number of phenols is 1. The summed E-state index contributed by atoms with van der Waals surface area (Å²) in [6.07, 6.45) is 1.90. The molecular weight excluding hydrogens is 280 g/mol. The fourth-order valence-corrected chi connectivity index (χ4v) is 2.59. The molecule has 92 valence electrons. The third kappa shape index (κ3) is 2.70. The molecule has 2 rings (SSSR count). The molecule has 17 heavy (non-hydrogen) atoms. The average molecular weight is 297 g/mol. The van der Waals surface area contributed by atoms with Crippen LogP contribution in [-0.2, 0) is 0 Å². The predicted octanol–water partition coefficient (Wildman–Crippen LogP) is 2.29. The highest BCUT2D eigenvalue weighted by Crippen LogP contribution is 2.34. The Morgan fingerprint density at radius 1 is 1.41 bits per heavy atom. The van der Waals surface area contributed by atoms with Crippen molar-refractivity contribution in [1.82, 2.24) is 10.2 Å². The van der Waals surface area contributed by atoms with Gasteiger partial charge in [-0.3, -0.25) is 4.90 Å². The van der Waals surface area contributed by atoms with Crippen molar-refractivity contribution in [3.63, 3.8) is 0 Å². The number of para-hydroxylation sites is 1. The van der Waals surface area contributed by atoms with E-state index >= 15 is 0 Å². The number of nitrogens with zero attached hydrogens (tertiary/aromatic N) is 1. The second-order valence-electron chi connectivity index (χ2n) is 4.14. The summed E-state index contributed by atoms with van der Waals surface area (Å²) >= 11 is 3.35. The first-order chi connectivity index (χ1) is 8.24. The number of nitrogens with one attached hydrogen (secondary N) is 1. The first-order valence-electron chi connectivity index (χ1n) is 5.78. The van der Waals surface area contributed by atoms with E-state index in [0.29, 0.717) is 5.75 Å². The van der Waals surface area contributed by atoms with Crippen LogP contribution in [-0.4, -0.2) is 36.2 Å². The maximum Gasteiger partial charge on any atom is 0.134 e. The molecule has 0 aliphatic carbocycles. The zero-order valence-electron chi connectivity index (χ0n) is 9.69. The van der Waals surface area contributed by atoms with E-state index in [0.717, 1.165) is 36.2 Å². The van der Waals surface area contributed by atoms with Crippen molar-refractivity contribution in [1.29, 1.82) is 0 Å². The van der Waals surface area contributed by atoms with Gasteiger partial charge in [-0.25, -0.2) is 0 Å². The predicted molar refractivity (Wildman–Crippen MR) is 73.2 cm³/mol. The minimum Gasteiger partial charge on any atom is -0.506 e. The van der Waals surface area contributed by atoms with Crippen LogP contribution in [0.1, 0.15) is 11.6 Å². The number of hydrogen-bond donors (Lipinski definition) is 2. The van der Waals surface area contributed by atoms with E-state index in [2.05, 4.69) is 32.7 Å². The van der Waals surface area contributed by atoms with Crippen molar-refractivity contribution < 1.29 is 5.11 Å². The van der Waals surface area contributed by atoms with Gasteiger partial charge in [-0.05, 0) is 22.0 Å². The number of rotatable bonds is 3. The maximum absolute atomic E-state index is 10.1. The van der Waals surface area contributed by atoms with Crippen LogP contribution in [0, 0.1) is 0 Å². The molecule has 4 heteroatoms. The van der Waals surface area contributed by atoms with Gasteiger partial charge in [0.25, 0.3) is 0 Å². The summed E-state index contributed by atoms with van der Waals surface area (Å²) in [5, 5.41) is 13.4. The molecule has 0 spiro atoms. The minimum atomic E-state index is 0.0783. The Balaban J connectivity index is 2.27. The molecule has 1 saturated heterocycles. The second-order valence-corrected chi connectivity index (χ2v) is 5.00. The Labute approximate surface area is 110 Å². The molecule has 0 aromatic heterocycles. The Hall–Kier alpha value is -0.840. The smallest absolute Gasteiger partial charge is 0.134 e. The third-order valence-electron chi connectivity index (χ3n) is 3.10. The molecule has 0 bridgehead atoms. The zero-order valence-corrected chi connectivity index (χ0v) is 11.3. The van der Waals surface area contributed by atoms with Crippen molar-refractivity contribution in [2.75, 3.05) is 26.2 Å². The number of halogens is 1. The lowest BCUT2D eigenvalue weighted by Gasteiger charge is -2.33. The summed E-state index contributed by atoms with van der Waals surface area (Å²) in [7, 11) is 0. The van der Waals surface area contributed by atoms with E-state index < -0.39 is 0 Å². The lowest BCUT2D eigenvalue weighted by Crippen LogP contribution is -2.44. The maximum atomic E-state index is 10.1. The number of phenolic OH excluding ortho intramolecular Hbond substituents is 1. The van der Waals surface area contributed by atoms with Gasteiger partial charge in [0.1, 0.15) is 5.75 Å². The van der Waals surface area contributed by atoms with Gasteiger partial charge in [-0.1, -0.05) is 18.2 Å². The molecule has 1 aliphatic rings. The quantitative estimate of drug-likeness (QED) is 0.840. The summed E-state index contributed by atoms with van der Waals surface area (Å²) in [4.78, 5) is 2.32. The van der Waals surface area contributed by atoms with Gasteiger partial charge in [0.15, 0.2) is 0 Å². The van der Waals surface area contributed by atoms with Crippen molar-refractivity contribution in [3.8, 4) is 5.75 Å². The molecule has 1 aromatic rings. The zero-order chi connectivity index (χ0) is 12.3. The van der Waals surface area contributed by atoms with Crippen molar-refractivity contribution in [2.45, 2.75) is 6.04 Å². The van der Waals surface area contributed by atoms with Crippen LogP contribution < -0.4 is 5.32 Å². The van der Waals surface area contributed by atoms with Crippen LogP contribution in [0.4, 0.5) is 0 Å². The number of aromatic hydroxyl groups is 1. The number of piperazine rings is 1. The fraction of sp³-hybridized carbons (Fsp3) is 0.385. The van der Waals surface area contributed by atoms with E-state index in [1.54, 1.807) is 0 Å². The molecule has 0 amide bonds. The Kier molecular flexibility index (Phi) is 4.20. The number of hydrogen-bond acceptors (Lipinski definition) is 3. The highest BCUT2D eigenvalue weighted by molar-refractivity contribution is 9.10. The van der Waals surface area contributed by atoms with Gasteiger partial charge in [-0.2, -0.15) is 0 Å². The monoisotopic (exact) mass is 296 g/mol. The van der Waals surface area contributed by atoms with Gasteiger partial charge < -0.3 is 10.4 Å². The van der Waals surface area contributed by atoms with Crippen LogP contribution in [0.2, 0.25) is 0 Å². The summed E-state index contributed by atoms with van der Waals surface area (Å²) in [5.74, 6) is 0.316. The summed E-state index contributed by atoms with van der Waals surface area (Å²) < 4.78 is 0.733. The summed E-state index contributed by atoms with van der Waals surface area (Å²) in [5.41, 5.74) is 0.913. The normalized spacial score (nSPS) is 18.9. The molecule has 1 aromatic carbocycles. The van der Waals surface area contributed by atoms with E-state index in [-0.39, 0.29) is 6.04 Å². The molecule has 0 unspecified atom stereocenters. The molecule has 2 N–H and O–H groups in total. The SMILES string of the molecule is C=C[C@H](c1cccc(Br)c1O)N1CCNCC1. The van der Waals surface area contributed by atoms with E-state index in [4.69, 9.17) is 0 Å². The largest absolute Gasteiger partial charge is 0.506 e. The molecule has 1 heterocycles. The Morgan fingerprint density at radius 2 is 2.12 bits per heavy atom. The van der Waals surface area contributed by atoms with Crippen LogP contribution in [0.3, 0.4) is 0 Å². The van der Waals surface area contributed by atoms with Crippen LogP contribution in [0.25, 0.3) is 0 Å².